The number of benzene rings is 1. The Morgan fingerprint density at radius 3 is 2.61 bits per heavy atom. The number of aromatic nitrogens is 1. The Morgan fingerprint density at radius 1 is 1.28 bits per heavy atom. The van der Waals surface area contributed by atoms with Crippen molar-refractivity contribution >= 4 is 10.9 Å². The van der Waals surface area contributed by atoms with Gasteiger partial charge in [0.05, 0.1) is 18.0 Å². The fraction of sp³-hybridized carbons (Fsp3) is 0.375. The van der Waals surface area contributed by atoms with E-state index in [1.54, 1.807) is 0 Å². The lowest BCUT2D eigenvalue weighted by Crippen LogP contribution is -2.14. The summed E-state index contributed by atoms with van der Waals surface area (Å²) in [7, 11) is 0. The molecule has 2 heteroatoms. The van der Waals surface area contributed by atoms with Crippen molar-refractivity contribution in [3.8, 4) is 6.07 Å². The normalized spacial score (nSPS) is 11.5. The molecule has 0 saturated carbocycles. The van der Waals surface area contributed by atoms with Crippen LogP contribution in [0.15, 0.2) is 24.3 Å². The second-order valence-corrected chi connectivity index (χ2v) is 5.72. The molecule has 0 N–H and O–H groups in total. The maximum Gasteiger partial charge on any atom is 0.0737 e. The molecule has 92 valence electrons. The van der Waals surface area contributed by atoms with Gasteiger partial charge in [-0.2, -0.15) is 5.26 Å². The molecule has 0 aliphatic heterocycles. The Bertz CT molecular complexity index is 628. The highest BCUT2D eigenvalue weighted by Gasteiger charge is 2.18. The van der Waals surface area contributed by atoms with Gasteiger partial charge in [0.15, 0.2) is 0 Å². The number of nitriles is 1. The van der Waals surface area contributed by atoms with Crippen LogP contribution in [-0.2, 0) is 11.8 Å². The Balaban J connectivity index is 2.80. The van der Waals surface area contributed by atoms with Crippen molar-refractivity contribution < 1.29 is 0 Å². The molecule has 0 unspecified atom stereocenters. The number of rotatable bonds is 1. The molecule has 0 saturated heterocycles. The second kappa shape index (κ2) is 4.42. The van der Waals surface area contributed by atoms with Crippen molar-refractivity contribution in [3.05, 3.63) is 41.1 Å². The van der Waals surface area contributed by atoms with Crippen LogP contribution in [0.3, 0.4) is 0 Å². The quantitative estimate of drug-likeness (QED) is 0.755. The third kappa shape index (κ3) is 2.22. The fourth-order valence-corrected chi connectivity index (χ4v) is 2.08. The van der Waals surface area contributed by atoms with Gasteiger partial charge >= 0.3 is 0 Å². The molecule has 2 nitrogen and oxygen atoms in total. The smallest absolute Gasteiger partial charge is 0.0737 e. The molecule has 0 aliphatic rings. The van der Waals surface area contributed by atoms with E-state index >= 15 is 0 Å². The predicted molar refractivity (Wildman–Crippen MR) is 74.5 cm³/mol. The first-order chi connectivity index (χ1) is 8.43. The predicted octanol–water partition coefficient (Wildman–Crippen LogP) is 3.91. The number of aryl methyl sites for hydroxylation is 1. The van der Waals surface area contributed by atoms with Crippen molar-refractivity contribution in [1.29, 1.82) is 5.26 Å². The maximum absolute atomic E-state index is 8.97. The maximum atomic E-state index is 8.97. The van der Waals surface area contributed by atoms with Crippen LogP contribution < -0.4 is 0 Å². The van der Waals surface area contributed by atoms with Crippen LogP contribution in [0.25, 0.3) is 10.9 Å². The molecule has 0 radical (unpaired) electrons. The van der Waals surface area contributed by atoms with E-state index in [1.807, 2.05) is 6.07 Å². The van der Waals surface area contributed by atoms with Crippen molar-refractivity contribution in [2.45, 2.75) is 39.5 Å². The molecule has 2 rings (SSSR count). The highest BCUT2D eigenvalue weighted by atomic mass is 14.7. The van der Waals surface area contributed by atoms with E-state index in [9.17, 15) is 0 Å². The Hall–Kier alpha value is -1.88. The average molecular weight is 238 g/mol. The van der Waals surface area contributed by atoms with Crippen molar-refractivity contribution in [3.63, 3.8) is 0 Å². The first kappa shape index (κ1) is 12.6. The molecule has 1 aromatic heterocycles. The summed E-state index contributed by atoms with van der Waals surface area (Å²) in [5, 5.41) is 10.1. The molecule has 0 amide bonds. The number of para-hydroxylation sites is 1. The summed E-state index contributed by atoms with van der Waals surface area (Å²) in [5.41, 5.74) is 4.32. The Kier molecular flexibility index (Phi) is 3.09. The van der Waals surface area contributed by atoms with Gasteiger partial charge in [0.2, 0.25) is 0 Å². The van der Waals surface area contributed by atoms with Crippen molar-refractivity contribution in [2.24, 2.45) is 0 Å². The van der Waals surface area contributed by atoms with Gasteiger partial charge in [-0.05, 0) is 24.1 Å². The van der Waals surface area contributed by atoms with Crippen LogP contribution in [0.1, 0.15) is 37.6 Å². The molecule has 1 aromatic carbocycles. The summed E-state index contributed by atoms with van der Waals surface area (Å²) in [6, 6.07) is 10.5. The minimum Gasteiger partial charge on any atom is -0.252 e. The average Bonchev–Trinajstić information content (AvgIpc) is 2.29. The summed E-state index contributed by atoms with van der Waals surface area (Å²) < 4.78 is 0. The molecule has 18 heavy (non-hydrogen) atoms. The van der Waals surface area contributed by atoms with Crippen LogP contribution in [0.2, 0.25) is 0 Å². The molecule has 1 heterocycles. The van der Waals surface area contributed by atoms with E-state index in [0.29, 0.717) is 6.42 Å². The lowest BCUT2D eigenvalue weighted by Gasteiger charge is -2.20. The SMILES string of the molecule is Cc1cccc2c(CC#N)cc(C(C)(C)C)nc12. The van der Waals surface area contributed by atoms with Gasteiger partial charge in [-0.3, -0.25) is 4.98 Å². The zero-order valence-corrected chi connectivity index (χ0v) is 11.4. The standard InChI is InChI=1S/C16H18N2/c1-11-6-5-7-13-12(8-9-17)10-14(16(2,3)4)18-15(11)13/h5-7,10H,8H2,1-4H3. The number of hydrogen-bond acceptors (Lipinski definition) is 2. The van der Waals surface area contributed by atoms with E-state index in [4.69, 9.17) is 10.2 Å². The molecule has 0 spiro atoms. The molecule has 2 aromatic rings. The monoisotopic (exact) mass is 238 g/mol. The molecular formula is C16H18N2. The van der Waals surface area contributed by atoms with Gasteiger partial charge in [-0.25, -0.2) is 0 Å². The van der Waals surface area contributed by atoms with Crippen molar-refractivity contribution in [1.82, 2.24) is 4.98 Å². The lowest BCUT2D eigenvalue weighted by molar-refractivity contribution is 0.570. The topological polar surface area (TPSA) is 36.7 Å². The first-order valence-corrected chi connectivity index (χ1v) is 6.20. The summed E-state index contributed by atoms with van der Waals surface area (Å²) in [6.45, 7) is 8.51. The zero-order chi connectivity index (χ0) is 13.3. The number of fused-ring (bicyclic) bond motifs is 1. The van der Waals surface area contributed by atoms with E-state index in [-0.39, 0.29) is 5.41 Å². The summed E-state index contributed by atoms with van der Waals surface area (Å²) >= 11 is 0. The second-order valence-electron chi connectivity index (χ2n) is 5.72. The van der Waals surface area contributed by atoms with Gasteiger partial charge in [-0.15, -0.1) is 0 Å². The van der Waals surface area contributed by atoms with Crippen LogP contribution >= 0.6 is 0 Å². The van der Waals surface area contributed by atoms with Gasteiger partial charge in [0.1, 0.15) is 0 Å². The Labute approximate surface area is 108 Å². The largest absolute Gasteiger partial charge is 0.252 e. The molecule has 0 bridgehead atoms. The van der Waals surface area contributed by atoms with E-state index in [0.717, 1.165) is 27.7 Å². The third-order valence-corrected chi connectivity index (χ3v) is 3.16. The van der Waals surface area contributed by atoms with Crippen LogP contribution in [-0.4, -0.2) is 4.98 Å². The van der Waals surface area contributed by atoms with E-state index in [2.05, 4.69) is 52.0 Å². The van der Waals surface area contributed by atoms with Crippen LogP contribution in [0.5, 0.6) is 0 Å². The summed E-state index contributed by atoms with van der Waals surface area (Å²) in [4.78, 5) is 4.78. The molecule has 0 aliphatic carbocycles. The highest BCUT2D eigenvalue weighted by molar-refractivity contribution is 5.85. The lowest BCUT2D eigenvalue weighted by atomic mass is 9.89. The number of nitrogens with zero attached hydrogens (tertiary/aromatic N) is 2. The number of hydrogen-bond donors (Lipinski definition) is 0. The third-order valence-electron chi connectivity index (χ3n) is 3.16. The molecule has 0 atom stereocenters. The van der Waals surface area contributed by atoms with Crippen LogP contribution in [0, 0.1) is 18.3 Å². The fourth-order valence-electron chi connectivity index (χ4n) is 2.08. The molecule has 0 fully saturated rings. The first-order valence-electron chi connectivity index (χ1n) is 6.20. The Morgan fingerprint density at radius 2 is 2.00 bits per heavy atom. The van der Waals surface area contributed by atoms with Gasteiger partial charge < -0.3 is 0 Å². The number of pyridine rings is 1. The van der Waals surface area contributed by atoms with Crippen LogP contribution in [0.4, 0.5) is 0 Å². The van der Waals surface area contributed by atoms with E-state index in [1.165, 1.54) is 0 Å². The van der Waals surface area contributed by atoms with Gasteiger partial charge in [-0.1, -0.05) is 39.0 Å². The summed E-state index contributed by atoms with van der Waals surface area (Å²) in [5.74, 6) is 0. The minimum absolute atomic E-state index is 0.000672. The highest BCUT2D eigenvalue weighted by Crippen LogP contribution is 2.27. The van der Waals surface area contributed by atoms with Gasteiger partial charge in [0.25, 0.3) is 0 Å². The van der Waals surface area contributed by atoms with Crippen molar-refractivity contribution in [2.75, 3.05) is 0 Å². The molecular weight excluding hydrogens is 220 g/mol. The summed E-state index contributed by atoms with van der Waals surface area (Å²) in [6.07, 6.45) is 0.436. The van der Waals surface area contributed by atoms with E-state index < -0.39 is 0 Å². The minimum atomic E-state index is 0.000672. The van der Waals surface area contributed by atoms with Gasteiger partial charge in [0, 0.05) is 16.5 Å². The zero-order valence-electron chi connectivity index (χ0n) is 11.4.